The minimum Gasteiger partial charge on any atom is -0.465 e. The minimum atomic E-state index is -0.375. The van der Waals surface area contributed by atoms with Gasteiger partial charge in [-0.3, -0.25) is 9.88 Å². The van der Waals surface area contributed by atoms with E-state index in [9.17, 15) is 4.79 Å². The fourth-order valence-corrected chi connectivity index (χ4v) is 1.69. The molecular formula is C13H19N3O2S. The number of hydrogen-bond donors (Lipinski definition) is 1. The number of aromatic nitrogens is 1. The van der Waals surface area contributed by atoms with Crippen LogP contribution in [0.25, 0.3) is 0 Å². The van der Waals surface area contributed by atoms with Crippen LogP contribution in [0.3, 0.4) is 0 Å². The molecule has 0 aromatic carbocycles. The van der Waals surface area contributed by atoms with Crippen LogP contribution in [0.2, 0.25) is 0 Å². The van der Waals surface area contributed by atoms with E-state index in [-0.39, 0.29) is 5.97 Å². The molecule has 0 fully saturated rings. The van der Waals surface area contributed by atoms with Crippen LogP contribution < -0.4 is 5.73 Å². The van der Waals surface area contributed by atoms with E-state index in [4.69, 9.17) is 18.0 Å². The molecule has 1 heterocycles. The monoisotopic (exact) mass is 281 g/mol. The summed E-state index contributed by atoms with van der Waals surface area (Å²) in [6.07, 6.45) is 2.23. The number of methoxy groups -OCH3 is 1. The summed E-state index contributed by atoms with van der Waals surface area (Å²) in [6, 6.07) is 3.55. The first kappa shape index (κ1) is 15.5. The van der Waals surface area contributed by atoms with Crippen LogP contribution in [-0.4, -0.2) is 41.0 Å². The van der Waals surface area contributed by atoms with E-state index in [1.807, 2.05) is 6.07 Å². The van der Waals surface area contributed by atoms with Gasteiger partial charge in [0.1, 0.15) is 0 Å². The standard InChI is InChI=1S/C13H19N3O2S/c1-3-16(7-6-12(14)19)9-11-5-4-10(8-15-11)13(17)18-2/h4-5,8H,3,6-7,9H2,1-2H3,(H2,14,19). The number of thiocarbonyl (C=S) groups is 1. The van der Waals surface area contributed by atoms with Crippen molar-refractivity contribution in [2.24, 2.45) is 5.73 Å². The highest BCUT2D eigenvalue weighted by Crippen LogP contribution is 2.05. The molecule has 0 spiro atoms. The highest BCUT2D eigenvalue weighted by Gasteiger charge is 2.08. The summed E-state index contributed by atoms with van der Waals surface area (Å²) in [5.41, 5.74) is 6.85. The molecule has 0 amide bonds. The highest BCUT2D eigenvalue weighted by molar-refractivity contribution is 7.80. The molecule has 1 aromatic rings. The Morgan fingerprint density at radius 3 is 2.74 bits per heavy atom. The number of carbonyl (C=O) groups is 1. The second-order valence-electron chi connectivity index (χ2n) is 4.11. The van der Waals surface area contributed by atoms with E-state index in [1.165, 1.54) is 13.3 Å². The van der Waals surface area contributed by atoms with Crippen LogP contribution in [0, 0.1) is 0 Å². The second-order valence-corrected chi connectivity index (χ2v) is 4.64. The second kappa shape index (κ2) is 7.81. The third-order valence-corrected chi connectivity index (χ3v) is 2.96. The number of esters is 1. The summed E-state index contributed by atoms with van der Waals surface area (Å²) in [5.74, 6) is -0.375. The first-order valence-corrected chi connectivity index (χ1v) is 6.51. The summed E-state index contributed by atoms with van der Waals surface area (Å²) in [6.45, 7) is 4.48. The first-order chi connectivity index (χ1) is 9.06. The topological polar surface area (TPSA) is 68.5 Å². The smallest absolute Gasteiger partial charge is 0.339 e. The molecule has 0 bridgehead atoms. The maximum atomic E-state index is 11.3. The van der Waals surface area contributed by atoms with Gasteiger partial charge in [-0.25, -0.2) is 4.79 Å². The van der Waals surface area contributed by atoms with Gasteiger partial charge in [0, 0.05) is 25.7 Å². The molecule has 1 aromatic heterocycles. The molecule has 0 aliphatic carbocycles. The van der Waals surface area contributed by atoms with Gasteiger partial charge in [-0.15, -0.1) is 0 Å². The molecule has 0 atom stereocenters. The van der Waals surface area contributed by atoms with Crippen LogP contribution in [0.1, 0.15) is 29.4 Å². The molecule has 0 unspecified atom stereocenters. The molecule has 2 N–H and O–H groups in total. The highest BCUT2D eigenvalue weighted by atomic mass is 32.1. The zero-order valence-electron chi connectivity index (χ0n) is 11.3. The maximum Gasteiger partial charge on any atom is 0.339 e. The van der Waals surface area contributed by atoms with Crippen molar-refractivity contribution >= 4 is 23.2 Å². The summed E-state index contributed by atoms with van der Waals surface area (Å²) < 4.78 is 4.63. The Morgan fingerprint density at radius 2 is 2.26 bits per heavy atom. The third kappa shape index (κ3) is 5.32. The fraction of sp³-hybridized carbons (Fsp3) is 0.462. The summed E-state index contributed by atoms with van der Waals surface area (Å²) in [7, 11) is 1.35. The largest absolute Gasteiger partial charge is 0.465 e. The van der Waals surface area contributed by atoms with Crippen LogP contribution in [-0.2, 0) is 11.3 Å². The summed E-state index contributed by atoms with van der Waals surface area (Å²) in [4.78, 5) is 18.3. The van der Waals surface area contributed by atoms with Crippen molar-refractivity contribution in [3.8, 4) is 0 Å². The van der Waals surface area contributed by atoms with E-state index in [2.05, 4.69) is 21.5 Å². The molecule has 104 valence electrons. The normalized spacial score (nSPS) is 10.5. The van der Waals surface area contributed by atoms with E-state index in [0.717, 1.165) is 18.8 Å². The van der Waals surface area contributed by atoms with Gasteiger partial charge in [0.15, 0.2) is 0 Å². The summed E-state index contributed by atoms with van der Waals surface area (Å²) in [5, 5.41) is 0. The molecule has 0 aliphatic rings. The number of pyridine rings is 1. The van der Waals surface area contributed by atoms with E-state index in [1.54, 1.807) is 6.07 Å². The zero-order valence-corrected chi connectivity index (χ0v) is 12.1. The Hall–Kier alpha value is -1.53. The van der Waals surface area contributed by atoms with Gasteiger partial charge in [0.05, 0.1) is 23.4 Å². The Bertz CT molecular complexity index is 434. The van der Waals surface area contributed by atoms with Crippen molar-refractivity contribution in [1.82, 2.24) is 9.88 Å². The van der Waals surface area contributed by atoms with Crippen molar-refractivity contribution in [3.63, 3.8) is 0 Å². The number of ether oxygens (including phenoxy) is 1. The van der Waals surface area contributed by atoms with E-state index < -0.39 is 0 Å². The number of carbonyl (C=O) groups excluding carboxylic acids is 1. The van der Waals surface area contributed by atoms with Gasteiger partial charge in [-0.05, 0) is 18.7 Å². The molecule has 0 aliphatic heterocycles. The predicted molar refractivity (Wildman–Crippen MR) is 77.9 cm³/mol. The fourth-order valence-electron chi connectivity index (χ4n) is 1.60. The maximum absolute atomic E-state index is 11.3. The number of hydrogen-bond acceptors (Lipinski definition) is 5. The van der Waals surface area contributed by atoms with Crippen molar-refractivity contribution in [1.29, 1.82) is 0 Å². The van der Waals surface area contributed by atoms with Crippen LogP contribution in [0.5, 0.6) is 0 Å². The van der Waals surface area contributed by atoms with Gasteiger partial charge in [-0.1, -0.05) is 19.1 Å². The molecule has 0 saturated carbocycles. The molecule has 0 saturated heterocycles. The lowest BCUT2D eigenvalue weighted by atomic mass is 10.2. The zero-order chi connectivity index (χ0) is 14.3. The third-order valence-electron chi connectivity index (χ3n) is 2.75. The van der Waals surface area contributed by atoms with Gasteiger partial charge >= 0.3 is 5.97 Å². The van der Waals surface area contributed by atoms with Crippen molar-refractivity contribution in [3.05, 3.63) is 29.6 Å². The lowest BCUT2D eigenvalue weighted by Crippen LogP contribution is -2.27. The van der Waals surface area contributed by atoms with Crippen molar-refractivity contribution in [2.45, 2.75) is 19.9 Å². The van der Waals surface area contributed by atoms with Crippen molar-refractivity contribution in [2.75, 3.05) is 20.2 Å². The number of rotatable bonds is 7. The first-order valence-electron chi connectivity index (χ1n) is 6.10. The molecule has 5 nitrogen and oxygen atoms in total. The quantitative estimate of drug-likeness (QED) is 0.601. The lowest BCUT2D eigenvalue weighted by Gasteiger charge is -2.19. The minimum absolute atomic E-state index is 0.375. The summed E-state index contributed by atoms with van der Waals surface area (Å²) >= 11 is 4.87. The Morgan fingerprint density at radius 1 is 1.53 bits per heavy atom. The van der Waals surface area contributed by atoms with Gasteiger partial charge in [-0.2, -0.15) is 0 Å². The number of nitrogens with zero attached hydrogens (tertiary/aromatic N) is 2. The average Bonchev–Trinajstić information content (AvgIpc) is 2.43. The van der Waals surface area contributed by atoms with Crippen LogP contribution in [0.4, 0.5) is 0 Å². The SMILES string of the molecule is CCN(CCC(N)=S)Cc1ccc(C(=O)OC)cn1. The molecule has 0 radical (unpaired) electrons. The lowest BCUT2D eigenvalue weighted by molar-refractivity contribution is 0.0600. The predicted octanol–water partition coefficient (Wildman–Crippen LogP) is 1.37. The van der Waals surface area contributed by atoms with Crippen LogP contribution in [0.15, 0.2) is 18.3 Å². The molecular weight excluding hydrogens is 262 g/mol. The molecule has 19 heavy (non-hydrogen) atoms. The van der Waals surface area contributed by atoms with Gasteiger partial charge in [0.25, 0.3) is 0 Å². The Labute approximate surface area is 118 Å². The number of nitrogens with two attached hydrogens (primary N) is 1. The van der Waals surface area contributed by atoms with E-state index >= 15 is 0 Å². The molecule has 6 heteroatoms. The van der Waals surface area contributed by atoms with E-state index in [0.29, 0.717) is 23.5 Å². The van der Waals surface area contributed by atoms with Gasteiger partial charge < -0.3 is 10.5 Å². The Kier molecular flexibility index (Phi) is 6.38. The Balaban J connectivity index is 2.60. The molecule has 1 rings (SSSR count). The van der Waals surface area contributed by atoms with Gasteiger partial charge in [0.2, 0.25) is 0 Å². The van der Waals surface area contributed by atoms with Crippen molar-refractivity contribution < 1.29 is 9.53 Å². The van der Waals surface area contributed by atoms with Crippen LogP contribution >= 0.6 is 12.2 Å². The average molecular weight is 281 g/mol.